The maximum atomic E-state index is 5.38. The molecule has 0 spiro atoms. The van der Waals surface area contributed by atoms with Crippen molar-refractivity contribution in [2.75, 3.05) is 5.32 Å². The molecule has 0 bridgehead atoms. The highest BCUT2D eigenvalue weighted by atomic mass is 79.9. The van der Waals surface area contributed by atoms with Crippen LogP contribution >= 0.6 is 28.1 Å². The molecule has 21 heavy (non-hydrogen) atoms. The summed E-state index contributed by atoms with van der Waals surface area (Å²) in [5.74, 6) is 0. The van der Waals surface area contributed by atoms with Crippen LogP contribution in [0.25, 0.3) is 0 Å². The molecule has 1 atom stereocenters. The van der Waals surface area contributed by atoms with Crippen molar-refractivity contribution in [3.63, 3.8) is 0 Å². The summed E-state index contributed by atoms with van der Waals surface area (Å²) in [5.41, 5.74) is 4.80. The van der Waals surface area contributed by atoms with Gasteiger partial charge in [-0.05, 0) is 68.4 Å². The fraction of sp³-hybridized carbons (Fsp3) is 0.235. The third-order valence-corrected chi connectivity index (χ3v) is 4.09. The minimum Gasteiger partial charge on any atom is -0.356 e. The SMILES string of the molecule is Cc1ccc(C(C)NC(=S)Nc2ccc(Br)cc2)c(C)c1. The molecule has 1 unspecified atom stereocenters. The fourth-order valence-corrected chi connectivity index (χ4v) is 2.85. The van der Waals surface area contributed by atoms with Crippen LogP contribution in [0.2, 0.25) is 0 Å². The minimum absolute atomic E-state index is 0.168. The number of hydrogen-bond acceptors (Lipinski definition) is 1. The summed E-state index contributed by atoms with van der Waals surface area (Å²) in [6.07, 6.45) is 0. The molecule has 0 heterocycles. The summed E-state index contributed by atoms with van der Waals surface area (Å²) in [5, 5.41) is 7.16. The Bertz CT molecular complexity index is 638. The van der Waals surface area contributed by atoms with Crippen molar-refractivity contribution >= 4 is 38.9 Å². The van der Waals surface area contributed by atoms with E-state index in [1.807, 2.05) is 24.3 Å². The second kappa shape index (κ2) is 7.05. The summed E-state index contributed by atoms with van der Waals surface area (Å²) in [4.78, 5) is 0. The van der Waals surface area contributed by atoms with E-state index >= 15 is 0 Å². The number of hydrogen-bond donors (Lipinski definition) is 2. The molecule has 110 valence electrons. The van der Waals surface area contributed by atoms with E-state index in [1.165, 1.54) is 16.7 Å². The summed E-state index contributed by atoms with van der Waals surface area (Å²) < 4.78 is 1.05. The van der Waals surface area contributed by atoms with Gasteiger partial charge in [-0.2, -0.15) is 0 Å². The van der Waals surface area contributed by atoms with E-state index in [9.17, 15) is 0 Å². The second-order valence-corrected chi connectivity index (χ2v) is 6.51. The van der Waals surface area contributed by atoms with E-state index in [2.05, 4.69) is 65.5 Å². The average Bonchev–Trinajstić information content (AvgIpc) is 2.41. The average molecular weight is 363 g/mol. The minimum atomic E-state index is 0.168. The highest BCUT2D eigenvalue weighted by molar-refractivity contribution is 9.10. The Morgan fingerprint density at radius 2 is 1.76 bits per heavy atom. The number of thiocarbonyl (C=S) groups is 1. The van der Waals surface area contributed by atoms with Crippen LogP contribution in [0.3, 0.4) is 0 Å². The zero-order valence-electron chi connectivity index (χ0n) is 12.4. The van der Waals surface area contributed by atoms with Gasteiger partial charge in [0.05, 0.1) is 6.04 Å². The van der Waals surface area contributed by atoms with E-state index in [-0.39, 0.29) is 6.04 Å². The fourth-order valence-electron chi connectivity index (χ4n) is 2.29. The summed E-state index contributed by atoms with van der Waals surface area (Å²) in [6.45, 7) is 6.35. The molecule has 2 aromatic carbocycles. The molecule has 0 aliphatic heterocycles. The molecular weight excluding hydrogens is 344 g/mol. The van der Waals surface area contributed by atoms with Crippen molar-refractivity contribution in [2.24, 2.45) is 0 Å². The van der Waals surface area contributed by atoms with Crippen LogP contribution in [-0.2, 0) is 0 Å². The molecular formula is C17H19BrN2S. The van der Waals surface area contributed by atoms with Gasteiger partial charge in [0.2, 0.25) is 0 Å². The summed E-state index contributed by atoms with van der Waals surface area (Å²) in [6, 6.07) is 14.6. The molecule has 0 amide bonds. The van der Waals surface area contributed by atoms with Crippen molar-refractivity contribution < 1.29 is 0 Å². The molecule has 4 heteroatoms. The maximum Gasteiger partial charge on any atom is 0.171 e. The molecule has 2 nitrogen and oxygen atoms in total. The Balaban J connectivity index is 2.00. The molecule has 0 aromatic heterocycles. The maximum absolute atomic E-state index is 5.38. The van der Waals surface area contributed by atoms with Gasteiger partial charge in [0.1, 0.15) is 0 Å². The van der Waals surface area contributed by atoms with Crippen molar-refractivity contribution in [3.8, 4) is 0 Å². The number of anilines is 1. The molecule has 0 saturated carbocycles. The standard InChI is InChI=1S/C17H19BrN2S/c1-11-4-9-16(12(2)10-11)13(3)19-17(21)20-15-7-5-14(18)6-8-15/h4-10,13H,1-3H3,(H2,19,20,21). The molecule has 2 N–H and O–H groups in total. The van der Waals surface area contributed by atoms with Gasteiger partial charge in [0.25, 0.3) is 0 Å². The third-order valence-electron chi connectivity index (χ3n) is 3.34. The van der Waals surface area contributed by atoms with E-state index < -0.39 is 0 Å². The highest BCUT2D eigenvalue weighted by Crippen LogP contribution is 2.19. The number of halogens is 1. The first-order valence-corrected chi connectivity index (χ1v) is 8.06. The van der Waals surface area contributed by atoms with Crippen LogP contribution in [0, 0.1) is 13.8 Å². The molecule has 0 aliphatic carbocycles. The highest BCUT2D eigenvalue weighted by Gasteiger charge is 2.09. The van der Waals surface area contributed by atoms with Crippen LogP contribution in [0.15, 0.2) is 46.9 Å². The van der Waals surface area contributed by atoms with Gasteiger partial charge in [0, 0.05) is 10.2 Å². The normalized spacial score (nSPS) is 11.8. The smallest absolute Gasteiger partial charge is 0.171 e. The lowest BCUT2D eigenvalue weighted by molar-refractivity contribution is 0.717. The van der Waals surface area contributed by atoms with E-state index in [4.69, 9.17) is 12.2 Å². The lowest BCUT2D eigenvalue weighted by atomic mass is 10.0. The monoisotopic (exact) mass is 362 g/mol. The molecule has 2 rings (SSSR count). The Labute approximate surface area is 140 Å². The molecule has 2 aromatic rings. The number of nitrogens with one attached hydrogen (secondary N) is 2. The van der Waals surface area contributed by atoms with Gasteiger partial charge in [0.15, 0.2) is 5.11 Å². The number of aryl methyl sites for hydroxylation is 2. The molecule has 0 fully saturated rings. The zero-order valence-corrected chi connectivity index (χ0v) is 14.8. The largest absolute Gasteiger partial charge is 0.356 e. The first-order valence-electron chi connectivity index (χ1n) is 6.86. The molecule has 0 aliphatic rings. The van der Waals surface area contributed by atoms with E-state index in [0.29, 0.717) is 5.11 Å². The summed E-state index contributed by atoms with van der Waals surface area (Å²) >= 11 is 8.80. The van der Waals surface area contributed by atoms with Crippen LogP contribution in [0.4, 0.5) is 5.69 Å². The van der Waals surface area contributed by atoms with Gasteiger partial charge >= 0.3 is 0 Å². The van der Waals surface area contributed by atoms with Crippen molar-refractivity contribution in [3.05, 3.63) is 63.6 Å². The van der Waals surface area contributed by atoms with Crippen molar-refractivity contribution in [1.29, 1.82) is 0 Å². The lowest BCUT2D eigenvalue weighted by Gasteiger charge is -2.19. The van der Waals surface area contributed by atoms with Gasteiger partial charge in [-0.1, -0.05) is 39.7 Å². The van der Waals surface area contributed by atoms with Gasteiger partial charge in [-0.25, -0.2) is 0 Å². The Hall–Kier alpha value is -1.39. The molecule has 0 saturated heterocycles. The van der Waals surface area contributed by atoms with E-state index in [1.54, 1.807) is 0 Å². The van der Waals surface area contributed by atoms with Crippen LogP contribution in [0.5, 0.6) is 0 Å². The van der Waals surface area contributed by atoms with Gasteiger partial charge < -0.3 is 10.6 Å². The van der Waals surface area contributed by atoms with Crippen LogP contribution < -0.4 is 10.6 Å². The number of rotatable bonds is 3. The van der Waals surface area contributed by atoms with Crippen molar-refractivity contribution in [1.82, 2.24) is 5.32 Å². The van der Waals surface area contributed by atoms with Gasteiger partial charge in [-0.3, -0.25) is 0 Å². The predicted octanol–water partition coefficient (Wildman–Crippen LogP) is 5.11. The topological polar surface area (TPSA) is 24.1 Å². The first-order chi connectivity index (χ1) is 9.95. The number of benzene rings is 2. The predicted molar refractivity (Wildman–Crippen MR) is 97.8 cm³/mol. The van der Waals surface area contributed by atoms with E-state index in [0.717, 1.165) is 10.2 Å². The Morgan fingerprint density at radius 3 is 2.38 bits per heavy atom. The van der Waals surface area contributed by atoms with Crippen molar-refractivity contribution in [2.45, 2.75) is 26.8 Å². The second-order valence-electron chi connectivity index (χ2n) is 5.19. The van der Waals surface area contributed by atoms with Crippen LogP contribution in [-0.4, -0.2) is 5.11 Å². The van der Waals surface area contributed by atoms with Gasteiger partial charge in [-0.15, -0.1) is 0 Å². The first kappa shape index (κ1) is 16.0. The Morgan fingerprint density at radius 1 is 1.10 bits per heavy atom. The lowest BCUT2D eigenvalue weighted by Crippen LogP contribution is -2.31. The summed E-state index contributed by atoms with van der Waals surface area (Å²) in [7, 11) is 0. The zero-order chi connectivity index (χ0) is 15.4. The molecule has 0 radical (unpaired) electrons. The quantitative estimate of drug-likeness (QED) is 0.741. The van der Waals surface area contributed by atoms with Crippen LogP contribution in [0.1, 0.15) is 29.7 Å². The third kappa shape index (κ3) is 4.55. The Kier molecular flexibility index (Phi) is 5.37.